The molecule has 0 saturated heterocycles. The number of halogens is 1. The number of anilines is 1. The monoisotopic (exact) mass is 435 g/mol. The molecule has 1 aliphatic rings. The van der Waals surface area contributed by atoms with E-state index in [4.69, 9.17) is 22.1 Å². The zero-order chi connectivity index (χ0) is 21.3. The molecule has 154 valence electrons. The fourth-order valence-electron chi connectivity index (χ4n) is 3.12. The van der Waals surface area contributed by atoms with Crippen LogP contribution in [0.1, 0.15) is 41.6 Å². The van der Waals surface area contributed by atoms with Crippen LogP contribution in [0.15, 0.2) is 24.3 Å². The Morgan fingerprint density at radius 2 is 1.90 bits per heavy atom. The lowest BCUT2D eigenvalue weighted by Crippen LogP contribution is -2.42. The molecule has 0 aliphatic carbocycles. The Hall–Kier alpha value is -2.58. The second-order valence-electron chi connectivity index (χ2n) is 7.28. The van der Waals surface area contributed by atoms with Gasteiger partial charge in [0.25, 0.3) is 11.8 Å². The first kappa shape index (κ1) is 21.1. The lowest BCUT2D eigenvalue weighted by atomic mass is 10.0. The first-order valence-electron chi connectivity index (χ1n) is 9.04. The number of hydrogen-bond acceptors (Lipinski definition) is 5. The highest BCUT2D eigenvalue weighted by Crippen LogP contribution is 2.37. The molecule has 0 saturated carbocycles. The summed E-state index contributed by atoms with van der Waals surface area (Å²) in [6.45, 7) is 5.68. The van der Waals surface area contributed by atoms with Gasteiger partial charge < -0.3 is 20.7 Å². The Balaban J connectivity index is 1.83. The summed E-state index contributed by atoms with van der Waals surface area (Å²) in [5.74, 6) is -0.567. The van der Waals surface area contributed by atoms with E-state index in [0.717, 1.165) is 10.4 Å². The van der Waals surface area contributed by atoms with Crippen LogP contribution in [0.2, 0.25) is 5.02 Å². The second kappa shape index (κ2) is 8.04. The van der Waals surface area contributed by atoms with E-state index >= 15 is 0 Å². The Bertz CT molecular complexity index is 969. The lowest BCUT2D eigenvalue weighted by molar-refractivity contribution is -0.129. The van der Waals surface area contributed by atoms with E-state index in [1.165, 1.54) is 18.3 Å². The molecule has 3 N–H and O–H groups in total. The number of thiophene rings is 1. The highest BCUT2D eigenvalue weighted by atomic mass is 35.5. The van der Waals surface area contributed by atoms with Crippen molar-refractivity contribution in [3.8, 4) is 5.75 Å². The number of rotatable bonds is 5. The number of amides is 3. The van der Waals surface area contributed by atoms with Crippen LogP contribution in [0, 0.1) is 0 Å². The lowest BCUT2D eigenvalue weighted by Gasteiger charge is -2.25. The fourth-order valence-corrected chi connectivity index (χ4v) is 4.51. The Labute approximate surface area is 177 Å². The summed E-state index contributed by atoms with van der Waals surface area (Å²) in [6, 6.07) is 6.69. The maximum atomic E-state index is 12.9. The van der Waals surface area contributed by atoms with Crippen molar-refractivity contribution in [3.05, 3.63) is 45.3 Å². The van der Waals surface area contributed by atoms with Crippen LogP contribution in [0.5, 0.6) is 5.75 Å². The number of fused-ring (bicyclic) bond motifs is 1. The molecule has 2 aromatic rings. The zero-order valence-electron chi connectivity index (χ0n) is 16.4. The summed E-state index contributed by atoms with van der Waals surface area (Å²) in [6.07, 6.45) is 0.518. The molecule has 2 heterocycles. The average Bonchev–Trinajstić information content (AvgIpc) is 3.00. The third-order valence-electron chi connectivity index (χ3n) is 4.71. The number of primary amides is 1. The van der Waals surface area contributed by atoms with Gasteiger partial charge in [0, 0.05) is 23.4 Å². The van der Waals surface area contributed by atoms with Gasteiger partial charge in [-0.15, -0.1) is 11.3 Å². The highest BCUT2D eigenvalue weighted by molar-refractivity contribution is 7.17. The molecule has 3 rings (SSSR count). The predicted molar refractivity (Wildman–Crippen MR) is 112 cm³/mol. The fraction of sp³-hybridized carbons (Fsp3) is 0.350. The van der Waals surface area contributed by atoms with Gasteiger partial charge in [0.05, 0.1) is 12.1 Å². The van der Waals surface area contributed by atoms with E-state index in [0.29, 0.717) is 40.8 Å². The van der Waals surface area contributed by atoms with Gasteiger partial charge in [-0.1, -0.05) is 11.6 Å². The molecule has 3 amide bonds. The van der Waals surface area contributed by atoms with E-state index in [1.807, 2.05) is 0 Å². The molecular formula is C20H22ClN3O4S. The van der Waals surface area contributed by atoms with Crippen LogP contribution < -0.4 is 15.8 Å². The summed E-state index contributed by atoms with van der Waals surface area (Å²) in [5.41, 5.74) is 5.49. The number of carbonyl (C=O) groups is 3. The largest absolute Gasteiger partial charge is 0.478 e. The van der Waals surface area contributed by atoms with Crippen molar-refractivity contribution in [2.75, 3.05) is 11.9 Å². The van der Waals surface area contributed by atoms with Crippen LogP contribution in [0.3, 0.4) is 0 Å². The Morgan fingerprint density at radius 1 is 1.24 bits per heavy atom. The van der Waals surface area contributed by atoms with Gasteiger partial charge in [-0.2, -0.15) is 0 Å². The van der Waals surface area contributed by atoms with Crippen LogP contribution in [-0.4, -0.2) is 34.8 Å². The summed E-state index contributed by atoms with van der Waals surface area (Å²) in [4.78, 5) is 39.2. The molecule has 0 atom stereocenters. The van der Waals surface area contributed by atoms with E-state index in [-0.39, 0.29) is 5.91 Å². The van der Waals surface area contributed by atoms with Crippen molar-refractivity contribution in [2.24, 2.45) is 5.73 Å². The molecule has 1 aromatic heterocycles. The number of nitrogens with two attached hydrogens (primary N) is 1. The molecule has 0 bridgehead atoms. The molecule has 0 radical (unpaired) electrons. The zero-order valence-corrected chi connectivity index (χ0v) is 17.9. The minimum absolute atomic E-state index is 0.0345. The van der Waals surface area contributed by atoms with Crippen LogP contribution >= 0.6 is 22.9 Å². The van der Waals surface area contributed by atoms with Crippen molar-refractivity contribution in [1.29, 1.82) is 0 Å². The topological polar surface area (TPSA) is 102 Å². The Kier molecular flexibility index (Phi) is 5.86. The molecule has 9 heteroatoms. The van der Waals surface area contributed by atoms with Gasteiger partial charge in [-0.25, -0.2) is 0 Å². The van der Waals surface area contributed by atoms with E-state index in [1.54, 1.807) is 43.0 Å². The van der Waals surface area contributed by atoms with E-state index in [2.05, 4.69) is 5.32 Å². The Morgan fingerprint density at radius 3 is 2.48 bits per heavy atom. The van der Waals surface area contributed by atoms with Crippen LogP contribution in [0.25, 0.3) is 0 Å². The van der Waals surface area contributed by atoms with E-state index in [9.17, 15) is 14.4 Å². The van der Waals surface area contributed by atoms with E-state index < -0.39 is 17.4 Å². The number of nitrogens with one attached hydrogen (secondary N) is 1. The van der Waals surface area contributed by atoms with Crippen molar-refractivity contribution in [1.82, 2.24) is 4.90 Å². The molecule has 0 fully saturated rings. The molecular weight excluding hydrogens is 414 g/mol. The molecule has 1 aromatic carbocycles. The first-order valence-corrected chi connectivity index (χ1v) is 10.2. The first-order chi connectivity index (χ1) is 13.6. The maximum Gasteiger partial charge on any atom is 0.268 e. The molecule has 1 aliphatic heterocycles. The SMILES string of the molecule is CC(=O)N1CCc2c(sc(NC(=O)C(C)(C)Oc3ccc(Cl)cc3)c2C(N)=O)C1. The minimum atomic E-state index is -1.21. The summed E-state index contributed by atoms with van der Waals surface area (Å²) >= 11 is 7.14. The number of benzene rings is 1. The van der Waals surface area contributed by atoms with Gasteiger partial charge in [0.15, 0.2) is 5.60 Å². The summed E-state index contributed by atoms with van der Waals surface area (Å²) in [5, 5.41) is 3.73. The van der Waals surface area contributed by atoms with Gasteiger partial charge in [0.1, 0.15) is 10.8 Å². The number of hydrogen-bond donors (Lipinski definition) is 2. The van der Waals surface area contributed by atoms with Crippen molar-refractivity contribution >= 4 is 45.7 Å². The minimum Gasteiger partial charge on any atom is -0.478 e. The standard InChI is InChI=1S/C20H22ClN3O4S/c1-11(25)24-9-8-14-15(10-24)29-18(16(14)17(22)26)23-19(27)20(2,3)28-13-6-4-12(21)5-7-13/h4-7H,8-10H2,1-3H3,(H2,22,26)(H,23,27). The van der Waals surface area contributed by atoms with Gasteiger partial charge >= 0.3 is 0 Å². The van der Waals surface area contributed by atoms with Crippen molar-refractivity contribution < 1.29 is 19.1 Å². The number of carbonyl (C=O) groups excluding carboxylic acids is 3. The number of ether oxygens (including phenoxy) is 1. The predicted octanol–water partition coefficient (Wildman–Crippen LogP) is 3.20. The van der Waals surface area contributed by atoms with Crippen molar-refractivity contribution in [2.45, 2.75) is 39.3 Å². The smallest absolute Gasteiger partial charge is 0.268 e. The molecule has 0 spiro atoms. The quantitative estimate of drug-likeness (QED) is 0.752. The third-order valence-corrected chi connectivity index (χ3v) is 6.09. The average molecular weight is 436 g/mol. The van der Waals surface area contributed by atoms with Crippen molar-refractivity contribution in [3.63, 3.8) is 0 Å². The van der Waals surface area contributed by atoms with Gasteiger partial charge in [-0.3, -0.25) is 14.4 Å². The number of nitrogens with zero attached hydrogens (tertiary/aromatic N) is 1. The van der Waals surface area contributed by atoms with Gasteiger partial charge in [-0.05, 0) is 50.1 Å². The maximum absolute atomic E-state index is 12.9. The van der Waals surface area contributed by atoms with Crippen LogP contribution in [-0.2, 0) is 22.6 Å². The molecule has 0 unspecified atom stereocenters. The van der Waals surface area contributed by atoms with Crippen LogP contribution in [0.4, 0.5) is 5.00 Å². The second-order valence-corrected chi connectivity index (χ2v) is 8.82. The normalized spacial score (nSPS) is 13.6. The third kappa shape index (κ3) is 4.54. The summed E-state index contributed by atoms with van der Waals surface area (Å²) in [7, 11) is 0. The highest BCUT2D eigenvalue weighted by Gasteiger charge is 2.34. The molecule has 7 nitrogen and oxygen atoms in total. The molecule has 29 heavy (non-hydrogen) atoms. The van der Waals surface area contributed by atoms with Gasteiger partial charge in [0.2, 0.25) is 5.91 Å². The summed E-state index contributed by atoms with van der Waals surface area (Å²) < 4.78 is 5.81.